The Labute approximate surface area is 134 Å². The Morgan fingerprint density at radius 2 is 2.17 bits per heavy atom. The predicted octanol–water partition coefficient (Wildman–Crippen LogP) is 1.47. The number of anilines is 1. The van der Waals surface area contributed by atoms with Crippen molar-refractivity contribution in [1.29, 1.82) is 0 Å². The van der Waals surface area contributed by atoms with Gasteiger partial charge in [0.05, 0.1) is 17.8 Å². The van der Waals surface area contributed by atoms with Crippen molar-refractivity contribution < 1.29 is 4.79 Å². The number of nitrogens with one attached hydrogen (secondary N) is 2. The Balaban J connectivity index is 1.44. The average molecular weight is 312 g/mol. The van der Waals surface area contributed by atoms with Crippen LogP contribution >= 0.6 is 0 Å². The molecule has 0 aromatic carbocycles. The maximum absolute atomic E-state index is 12.3. The maximum atomic E-state index is 12.3. The van der Waals surface area contributed by atoms with E-state index in [1.807, 2.05) is 0 Å². The van der Waals surface area contributed by atoms with E-state index in [0.717, 1.165) is 37.2 Å². The van der Waals surface area contributed by atoms with Gasteiger partial charge in [-0.15, -0.1) is 0 Å². The standard InChI is InChI=1S/C16H20N6O/c17-14-11(7-18-15(20-14)9-5-6-9)16(23)19-8-13-10-3-1-2-4-12(10)21-22-13/h7,9H,1-6,8H2,(H,19,23)(H,21,22)(H2,17,18,20). The van der Waals surface area contributed by atoms with Crippen LogP contribution in [0.4, 0.5) is 5.82 Å². The average Bonchev–Trinajstić information content (AvgIpc) is 3.33. The zero-order valence-electron chi connectivity index (χ0n) is 12.9. The van der Waals surface area contributed by atoms with Crippen molar-refractivity contribution in [2.45, 2.75) is 51.0 Å². The van der Waals surface area contributed by atoms with Crippen molar-refractivity contribution in [1.82, 2.24) is 25.5 Å². The van der Waals surface area contributed by atoms with Gasteiger partial charge in [-0.2, -0.15) is 5.10 Å². The minimum atomic E-state index is -0.252. The molecular formula is C16H20N6O. The number of aromatic amines is 1. The first-order valence-corrected chi connectivity index (χ1v) is 8.18. The molecule has 0 saturated heterocycles. The Bertz CT molecular complexity index is 749. The molecule has 23 heavy (non-hydrogen) atoms. The molecule has 0 radical (unpaired) electrons. The number of nitrogens with zero attached hydrogens (tertiary/aromatic N) is 3. The fourth-order valence-corrected chi connectivity index (χ4v) is 3.08. The maximum Gasteiger partial charge on any atom is 0.256 e. The van der Waals surface area contributed by atoms with Crippen LogP contribution in [0, 0.1) is 0 Å². The molecule has 7 nitrogen and oxygen atoms in total. The van der Waals surface area contributed by atoms with Crippen molar-refractivity contribution in [3.05, 3.63) is 34.5 Å². The number of fused-ring (bicyclic) bond motifs is 1. The van der Waals surface area contributed by atoms with E-state index in [1.54, 1.807) is 0 Å². The van der Waals surface area contributed by atoms with Crippen LogP contribution in [0.1, 0.15) is 64.7 Å². The highest BCUT2D eigenvalue weighted by Crippen LogP contribution is 2.38. The first kappa shape index (κ1) is 14.2. The molecule has 120 valence electrons. The minimum Gasteiger partial charge on any atom is -0.383 e. The molecule has 4 N–H and O–H groups in total. The van der Waals surface area contributed by atoms with E-state index in [-0.39, 0.29) is 11.7 Å². The lowest BCUT2D eigenvalue weighted by Gasteiger charge is -2.12. The first-order valence-electron chi connectivity index (χ1n) is 8.18. The van der Waals surface area contributed by atoms with E-state index in [9.17, 15) is 4.79 Å². The number of nitrogen functional groups attached to an aromatic ring is 1. The molecular weight excluding hydrogens is 292 g/mol. The first-order chi connectivity index (χ1) is 11.2. The molecule has 0 aliphatic heterocycles. The fraction of sp³-hybridized carbons (Fsp3) is 0.500. The van der Waals surface area contributed by atoms with Crippen LogP contribution in [0.2, 0.25) is 0 Å². The molecule has 0 atom stereocenters. The van der Waals surface area contributed by atoms with Crippen molar-refractivity contribution in [2.24, 2.45) is 0 Å². The topological polar surface area (TPSA) is 110 Å². The van der Waals surface area contributed by atoms with Gasteiger partial charge in [0.2, 0.25) is 0 Å². The van der Waals surface area contributed by atoms with Crippen molar-refractivity contribution >= 4 is 11.7 Å². The third kappa shape index (κ3) is 2.78. The zero-order valence-corrected chi connectivity index (χ0v) is 12.9. The molecule has 0 spiro atoms. The second-order valence-corrected chi connectivity index (χ2v) is 6.32. The number of amides is 1. The largest absolute Gasteiger partial charge is 0.383 e. The molecule has 7 heteroatoms. The monoisotopic (exact) mass is 312 g/mol. The number of nitrogens with two attached hydrogens (primary N) is 1. The molecule has 2 aromatic heterocycles. The highest BCUT2D eigenvalue weighted by atomic mass is 16.1. The number of aromatic nitrogens is 4. The second-order valence-electron chi connectivity index (χ2n) is 6.32. The van der Waals surface area contributed by atoms with Crippen LogP contribution in [0.25, 0.3) is 0 Å². The van der Waals surface area contributed by atoms with Crippen LogP contribution in [0.3, 0.4) is 0 Å². The third-order valence-corrected chi connectivity index (χ3v) is 4.58. The molecule has 0 bridgehead atoms. The van der Waals surface area contributed by atoms with Gasteiger partial charge >= 0.3 is 0 Å². The highest BCUT2D eigenvalue weighted by molar-refractivity contribution is 5.97. The van der Waals surface area contributed by atoms with Gasteiger partial charge < -0.3 is 11.1 Å². The molecule has 2 heterocycles. The summed E-state index contributed by atoms with van der Waals surface area (Å²) in [7, 11) is 0. The third-order valence-electron chi connectivity index (χ3n) is 4.58. The Kier molecular flexibility index (Phi) is 3.48. The number of carbonyl (C=O) groups excluding carboxylic acids is 1. The molecule has 2 aliphatic carbocycles. The normalized spacial score (nSPS) is 16.9. The number of H-pyrrole nitrogens is 1. The second kappa shape index (κ2) is 5.64. The lowest BCUT2D eigenvalue weighted by molar-refractivity contribution is 0.0950. The summed E-state index contributed by atoms with van der Waals surface area (Å²) in [6.45, 7) is 0.397. The van der Waals surface area contributed by atoms with E-state index in [4.69, 9.17) is 5.73 Å². The van der Waals surface area contributed by atoms with Gasteiger partial charge in [-0.3, -0.25) is 9.89 Å². The Morgan fingerprint density at radius 1 is 1.35 bits per heavy atom. The summed E-state index contributed by atoms with van der Waals surface area (Å²) in [5, 5.41) is 10.3. The minimum absolute atomic E-state index is 0.252. The van der Waals surface area contributed by atoms with Gasteiger partial charge in [0.15, 0.2) is 0 Å². The molecule has 1 saturated carbocycles. The van der Waals surface area contributed by atoms with E-state index in [1.165, 1.54) is 30.3 Å². The fourth-order valence-electron chi connectivity index (χ4n) is 3.08. The van der Waals surface area contributed by atoms with E-state index < -0.39 is 0 Å². The van der Waals surface area contributed by atoms with Crippen LogP contribution in [0.15, 0.2) is 6.20 Å². The van der Waals surface area contributed by atoms with Gasteiger partial charge in [0.25, 0.3) is 5.91 Å². The van der Waals surface area contributed by atoms with Gasteiger partial charge in [-0.05, 0) is 44.1 Å². The Morgan fingerprint density at radius 3 is 2.96 bits per heavy atom. The van der Waals surface area contributed by atoms with Crippen LogP contribution in [-0.2, 0) is 19.4 Å². The highest BCUT2D eigenvalue weighted by Gasteiger charge is 2.27. The van der Waals surface area contributed by atoms with Gasteiger partial charge in [-0.1, -0.05) is 0 Å². The smallest absolute Gasteiger partial charge is 0.256 e. The number of carbonyl (C=O) groups is 1. The summed E-state index contributed by atoms with van der Waals surface area (Å²) >= 11 is 0. The van der Waals surface area contributed by atoms with Crippen LogP contribution in [-0.4, -0.2) is 26.1 Å². The van der Waals surface area contributed by atoms with E-state index in [0.29, 0.717) is 18.0 Å². The Hall–Kier alpha value is -2.44. The summed E-state index contributed by atoms with van der Waals surface area (Å²) in [6, 6.07) is 0. The van der Waals surface area contributed by atoms with Crippen LogP contribution in [0.5, 0.6) is 0 Å². The van der Waals surface area contributed by atoms with E-state index in [2.05, 4.69) is 25.5 Å². The van der Waals surface area contributed by atoms with Crippen molar-refractivity contribution in [3.8, 4) is 0 Å². The molecule has 4 rings (SSSR count). The number of hydrogen-bond donors (Lipinski definition) is 3. The summed E-state index contributed by atoms with van der Waals surface area (Å²) in [5.74, 6) is 1.17. The van der Waals surface area contributed by atoms with Gasteiger partial charge in [-0.25, -0.2) is 9.97 Å². The molecule has 0 unspecified atom stereocenters. The summed E-state index contributed by atoms with van der Waals surface area (Å²) in [6.07, 6.45) is 8.19. The van der Waals surface area contributed by atoms with Crippen LogP contribution < -0.4 is 11.1 Å². The quantitative estimate of drug-likeness (QED) is 0.792. The summed E-state index contributed by atoms with van der Waals surface area (Å²) in [4.78, 5) is 20.8. The van der Waals surface area contributed by atoms with Crippen molar-refractivity contribution in [2.75, 3.05) is 5.73 Å². The van der Waals surface area contributed by atoms with E-state index >= 15 is 0 Å². The molecule has 1 amide bonds. The van der Waals surface area contributed by atoms with Gasteiger partial charge in [0, 0.05) is 17.8 Å². The lowest BCUT2D eigenvalue weighted by atomic mass is 9.96. The number of hydrogen-bond acceptors (Lipinski definition) is 5. The summed E-state index contributed by atoms with van der Waals surface area (Å²) in [5.41, 5.74) is 9.62. The SMILES string of the molecule is Nc1nc(C2CC2)ncc1C(=O)NCc1n[nH]c2c1CCCC2. The predicted molar refractivity (Wildman–Crippen MR) is 84.8 cm³/mol. The molecule has 1 fully saturated rings. The zero-order chi connectivity index (χ0) is 15.8. The summed E-state index contributed by atoms with van der Waals surface area (Å²) < 4.78 is 0. The number of aryl methyl sites for hydroxylation is 1. The molecule has 2 aromatic rings. The molecule has 2 aliphatic rings. The number of rotatable bonds is 4. The lowest BCUT2D eigenvalue weighted by Crippen LogP contribution is -2.25. The van der Waals surface area contributed by atoms with Gasteiger partial charge in [0.1, 0.15) is 11.6 Å². The van der Waals surface area contributed by atoms with Crippen molar-refractivity contribution in [3.63, 3.8) is 0 Å².